The van der Waals surface area contributed by atoms with Crippen LogP contribution in [0.25, 0.3) is 5.76 Å². The Labute approximate surface area is 78.2 Å². The first kappa shape index (κ1) is 9.74. The molecule has 0 amide bonds. The summed E-state index contributed by atoms with van der Waals surface area (Å²) in [5, 5.41) is 0. The zero-order valence-electron chi connectivity index (χ0n) is 7.79. The summed E-state index contributed by atoms with van der Waals surface area (Å²) in [6.45, 7) is 6.81. The maximum absolute atomic E-state index is 5.48. The molecule has 0 aliphatic heterocycles. The average molecular weight is 178 g/mol. The van der Waals surface area contributed by atoms with Gasteiger partial charge in [0.05, 0.1) is 6.61 Å². The van der Waals surface area contributed by atoms with Gasteiger partial charge in [-0.2, -0.15) is 0 Å². The van der Waals surface area contributed by atoms with E-state index in [0.29, 0.717) is 18.9 Å². The Morgan fingerprint density at radius 2 is 2.38 bits per heavy atom. The van der Waals surface area contributed by atoms with Gasteiger partial charge in [-0.25, -0.2) is 0 Å². The molecule has 0 radical (unpaired) electrons. The third-order valence-electron chi connectivity index (χ3n) is 1.67. The first-order valence-electron chi connectivity index (χ1n) is 4.24. The quantitative estimate of drug-likeness (QED) is 0.711. The molecule has 3 nitrogen and oxygen atoms in total. The SMILES string of the molecule is C=C(OCC)c1cncc(CN)c1. The number of hydrogen-bond donors (Lipinski definition) is 1. The van der Waals surface area contributed by atoms with Crippen molar-refractivity contribution < 1.29 is 4.74 Å². The molecule has 1 rings (SSSR count). The number of nitrogens with two attached hydrogens (primary N) is 1. The molecule has 13 heavy (non-hydrogen) atoms. The van der Waals surface area contributed by atoms with Crippen LogP contribution in [0, 0.1) is 0 Å². The lowest BCUT2D eigenvalue weighted by Crippen LogP contribution is -1.99. The molecule has 0 fully saturated rings. The van der Waals surface area contributed by atoms with E-state index in [-0.39, 0.29) is 0 Å². The van der Waals surface area contributed by atoms with Gasteiger partial charge in [-0.3, -0.25) is 4.98 Å². The summed E-state index contributed by atoms with van der Waals surface area (Å²) in [7, 11) is 0. The lowest BCUT2D eigenvalue weighted by atomic mass is 10.2. The number of rotatable bonds is 4. The Balaban J connectivity index is 2.82. The minimum atomic E-state index is 0.486. The van der Waals surface area contributed by atoms with E-state index in [1.165, 1.54) is 0 Å². The van der Waals surface area contributed by atoms with Crippen molar-refractivity contribution in [3.05, 3.63) is 36.2 Å². The van der Waals surface area contributed by atoms with Gasteiger partial charge in [-0.1, -0.05) is 6.58 Å². The Morgan fingerprint density at radius 3 is 3.00 bits per heavy atom. The molecule has 0 aromatic carbocycles. The highest BCUT2D eigenvalue weighted by molar-refractivity contribution is 5.56. The minimum absolute atomic E-state index is 0.486. The number of pyridine rings is 1. The van der Waals surface area contributed by atoms with Gasteiger partial charge in [-0.05, 0) is 18.6 Å². The number of nitrogens with zero attached hydrogens (tertiary/aromatic N) is 1. The van der Waals surface area contributed by atoms with Crippen LogP contribution in [0.3, 0.4) is 0 Å². The van der Waals surface area contributed by atoms with Crippen LogP contribution in [0.15, 0.2) is 25.0 Å². The minimum Gasteiger partial charge on any atom is -0.494 e. The molecule has 0 unspecified atom stereocenters. The highest BCUT2D eigenvalue weighted by Crippen LogP contribution is 2.13. The van der Waals surface area contributed by atoms with Crippen LogP contribution in [-0.4, -0.2) is 11.6 Å². The third kappa shape index (κ3) is 2.56. The standard InChI is InChI=1S/C10H14N2O/c1-3-13-8(2)10-4-9(5-11)6-12-7-10/h4,6-7H,2-3,5,11H2,1H3. The zero-order chi connectivity index (χ0) is 9.68. The van der Waals surface area contributed by atoms with Crippen LogP contribution >= 0.6 is 0 Å². The van der Waals surface area contributed by atoms with Crippen molar-refractivity contribution in [1.29, 1.82) is 0 Å². The first-order chi connectivity index (χ1) is 6.27. The van der Waals surface area contributed by atoms with Gasteiger partial charge in [-0.15, -0.1) is 0 Å². The van der Waals surface area contributed by atoms with Crippen molar-refractivity contribution >= 4 is 5.76 Å². The Kier molecular flexibility index (Phi) is 3.46. The molecule has 0 bridgehead atoms. The van der Waals surface area contributed by atoms with E-state index in [1.807, 2.05) is 13.0 Å². The molecule has 0 aliphatic rings. The highest BCUT2D eigenvalue weighted by Gasteiger charge is 2.00. The molecule has 2 N–H and O–H groups in total. The second-order valence-electron chi connectivity index (χ2n) is 2.64. The van der Waals surface area contributed by atoms with Crippen LogP contribution in [0.5, 0.6) is 0 Å². The lowest BCUT2D eigenvalue weighted by molar-refractivity contribution is 0.299. The van der Waals surface area contributed by atoms with Crippen LogP contribution in [0.1, 0.15) is 18.1 Å². The fourth-order valence-corrected chi connectivity index (χ4v) is 1.01. The summed E-state index contributed by atoms with van der Waals surface area (Å²) in [5.74, 6) is 0.644. The average Bonchev–Trinajstić information content (AvgIpc) is 2.18. The molecular weight excluding hydrogens is 164 g/mol. The summed E-state index contributed by atoms with van der Waals surface area (Å²) >= 11 is 0. The van der Waals surface area contributed by atoms with Gasteiger partial charge in [0.25, 0.3) is 0 Å². The summed E-state index contributed by atoms with van der Waals surface area (Å²) in [6, 6.07) is 1.94. The van der Waals surface area contributed by atoms with Crippen LogP contribution < -0.4 is 5.73 Å². The Hall–Kier alpha value is -1.35. The molecule has 0 atom stereocenters. The van der Waals surface area contributed by atoms with E-state index in [1.54, 1.807) is 12.4 Å². The molecule has 0 spiro atoms. The number of ether oxygens (including phenoxy) is 1. The van der Waals surface area contributed by atoms with Gasteiger partial charge in [0.2, 0.25) is 0 Å². The predicted molar refractivity (Wildman–Crippen MR) is 52.8 cm³/mol. The second-order valence-corrected chi connectivity index (χ2v) is 2.64. The van der Waals surface area contributed by atoms with Crippen LogP contribution in [0.2, 0.25) is 0 Å². The third-order valence-corrected chi connectivity index (χ3v) is 1.67. The predicted octanol–water partition coefficient (Wildman–Crippen LogP) is 1.55. The maximum Gasteiger partial charge on any atom is 0.120 e. The van der Waals surface area contributed by atoms with Gasteiger partial charge in [0.1, 0.15) is 5.76 Å². The molecule has 0 aliphatic carbocycles. The first-order valence-corrected chi connectivity index (χ1v) is 4.24. The Bertz CT molecular complexity index is 297. The molecular formula is C10H14N2O. The van der Waals surface area contributed by atoms with Gasteiger partial charge in [0.15, 0.2) is 0 Å². The summed E-state index contributed by atoms with van der Waals surface area (Å²) in [4.78, 5) is 4.04. The van der Waals surface area contributed by atoms with Crippen molar-refractivity contribution in [3.63, 3.8) is 0 Å². The Morgan fingerprint density at radius 1 is 1.62 bits per heavy atom. The van der Waals surface area contributed by atoms with Crippen LogP contribution in [0.4, 0.5) is 0 Å². The van der Waals surface area contributed by atoms with E-state index in [4.69, 9.17) is 10.5 Å². The van der Waals surface area contributed by atoms with Crippen molar-refractivity contribution in [3.8, 4) is 0 Å². The number of hydrogen-bond acceptors (Lipinski definition) is 3. The fourth-order valence-electron chi connectivity index (χ4n) is 1.01. The zero-order valence-corrected chi connectivity index (χ0v) is 7.79. The normalized spacial score (nSPS) is 9.69. The van der Waals surface area contributed by atoms with E-state index in [2.05, 4.69) is 11.6 Å². The van der Waals surface area contributed by atoms with E-state index < -0.39 is 0 Å². The summed E-state index contributed by atoms with van der Waals surface area (Å²) < 4.78 is 5.25. The molecule has 70 valence electrons. The van der Waals surface area contributed by atoms with Crippen molar-refractivity contribution in [2.75, 3.05) is 6.61 Å². The van der Waals surface area contributed by atoms with Gasteiger partial charge in [0, 0.05) is 24.5 Å². The molecule has 0 saturated heterocycles. The number of aromatic nitrogens is 1. The van der Waals surface area contributed by atoms with E-state index in [9.17, 15) is 0 Å². The van der Waals surface area contributed by atoms with E-state index in [0.717, 1.165) is 11.1 Å². The lowest BCUT2D eigenvalue weighted by Gasteiger charge is -2.06. The molecule has 1 aromatic rings. The van der Waals surface area contributed by atoms with Crippen molar-refractivity contribution in [1.82, 2.24) is 4.98 Å². The van der Waals surface area contributed by atoms with Gasteiger partial charge >= 0.3 is 0 Å². The molecule has 0 saturated carbocycles. The highest BCUT2D eigenvalue weighted by atomic mass is 16.5. The molecule has 3 heteroatoms. The van der Waals surface area contributed by atoms with Gasteiger partial charge < -0.3 is 10.5 Å². The summed E-state index contributed by atoms with van der Waals surface area (Å²) in [5.41, 5.74) is 7.36. The fraction of sp³-hybridized carbons (Fsp3) is 0.300. The largest absolute Gasteiger partial charge is 0.494 e. The smallest absolute Gasteiger partial charge is 0.120 e. The maximum atomic E-state index is 5.48. The molecule has 1 heterocycles. The second kappa shape index (κ2) is 4.62. The topological polar surface area (TPSA) is 48.1 Å². The summed E-state index contributed by atoms with van der Waals surface area (Å²) in [6.07, 6.45) is 3.46. The monoisotopic (exact) mass is 178 g/mol. The molecule has 1 aromatic heterocycles. The van der Waals surface area contributed by atoms with Crippen LogP contribution in [-0.2, 0) is 11.3 Å². The van der Waals surface area contributed by atoms with Crippen molar-refractivity contribution in [2.45, 2.75) is 13.5 Å². The van der Waals surface area contributed by atoms with Crippen molar-refractivity contribution in [2.24, 2.45) is 5.73 Å². The van der Waals surface area contributed by atoms with E-state index >= 15 is 0 Å².